The molecule has 24 heavy (non-hydrogen) atoms. The molecule has 0 aliphatic heterocycles. The summed E-state index contributed by atoms with van der Waals surface area (Å²) < 4.78 is 1.74. The lowest BCUT2D eigenvalue weighted by atomic mass is 10.1. The second kappa shape index (κ2) is 9.03. The van der Waals surface area contributed by atoms with Gasteiger partial charge in [0.2, 0.25) is 11.5 Å². The Kier molecular flexibility index (Phi) is 6.75. The number of amides is 1. The first-order chi connectivity index (χ1) is 11.6. The molecule has 0 unspecified atom stereocenters. The first-order valence-electron chi connectivity index (χ1n) is 8.32. The van der Waals surface area contributed by atoms with Gasteiger partial charge in [0.05, 0.1) is 0 Å². The molecule has 0 fully saturated rings. The highest BCUT2D eigenvalue weighted by molar-refractivity contribution is 5.88. The highest BCUT2D eigenvalue weighted by Crippen LogP contribution is 2.17. The minimum atomic E-state index is -0.0658. The number of aromatic nitrogens is 1. The fourth-order valence-corrected chi connectivity index (χ4v) is 2.58. The van der Waals surface area contributed by atoms with Crippen LogP contribution in [0.3, 0.4) is 0 Å². The lowest BCUT2D eigenvalue weighted by Gasteiger charge is -2.15. The number of anilines is 1. The van der Waals surface area contributed by atoms with Crippen LogP contribution in [0.15, 0.2) is 53.5 Å². The molecule has 1 heterocycles. The van der Waals surface area contributed by atoms with E-state index in [1.807, 2.05) is 36.5 Å². The number of hydrogen-bond donors (Lipinski definition) is 2. The average Bonchev–Trinajstić information content (AvgIpc) is 2.55. The molecule has 1 aromatic carbocycles. The van der Waals surface area contributed by atoms with E-state index in [-0.39, 0.29) is 17.5 Å². The predicted molar refractivity (Wildman–Crippen MR) is 97.1 cm³/mol. The van der Waals surface area contributed by atoms with Crippen LogP contribution >= 0.6 is 0 Å². The Morgan fingerprint density at radius 2 is 2.00 bits per heavy atom. The van der Waals surface area contributed by atoms with E-state index in [2.05, 4.69) is 17.6 Å². The Morgan fingerprint density at radius 1 is 1.17 bits per heavy atom. The third-order valence-electron chi connectivity index (χ3n) is 3.88. The van der Waals surface area contributed by atoms with Crippen LogP contribution in [0.5, 0.6) is 0 Å². The SMILES string of the molecule is CC(=O)Nc1cccc([C@H](C)NCCCCn2ccccc2=O)c1. The maximum Gasteiger partial charge on any atom is 0.250 e. The molecule has 5 nitrogen and oxygen atoms in total. The number of unbranched alkanes of at least 4 members (excludes halogenated alkanes) is 1. The molecule has 2 rings (SSSR count). The molecule has 1 amide bonds. The van der Waals surface area contributed by atoms with Crippen molar-refractivity contribution in [3.8, 4) is 0 Å². The first kappa shape index (κ1) is 17.9. The van der Waals surface area contributed by atoms with Crippen molar-refractivity contribution < 1.29 is 4.79 Å². The second-order valence-electron chi connectivity index (χ2n) is 5.92. The smallest absolute Gasteiger partial charge is 0.250 e. The fraction of sp³-hybridized carbons (Fsp3) is 0.368. The predicted octanol–water partition coefficient (Wildman–Crippen LogP) is 2.94. The van der Waals surface area contributed by atoms with E-state index in [1.54, 1.807) is 16.7 Å². The standard InChI is InChI=1S/C19H25N3O2/c1-15(17-8-7-9-18(14-17)21-16(2)23)20-11-4-6-13-22-12-5-3-10-19(22)24/h3,5,7-10,12,14-15,20H,4,6,11,13H2,1-2H3,(H,21,23)/t15-/m0/s1. The lowest BCUT2D eigenvalue weighted by Crippen LogP contribution is -2.22. The summed E-state index contributed by atoms with van der Waals surface area (Å²) in [5, 5.41) is 6.28. The van der Waals surface area contributed by atoms with Gasteiger partial charge in [-0.25, -0.2) is 0 Å². The van der Waals surface area contributed by atoms with Crippen molar-refractivity contribution in [1.29, 1.82) is 0 Å². The Morgan fingerprint density at radius 3 is 2.75 bits per heavy atom. The molecule has 0 radical (unpaired) electrons. The van der Waals surface area contributed by atoms with Crippen LogP contribution < -0.4 is 16.2 Å². The van der Waals surface area contributed by atoms with E-state index in [0.29, 0.717) is 0 Å². The van der Waals surface area contributed by atoms with E-state index < -0.39 is 0 Å². The summed E-state index contributed by atoms with van der Waals surface area (Å²) in [6.45, 7) is 5.24. The molecule has 0 spiro atoms. The number of aryl methyl sites for hydroxylation is 1. The molecule has 2 N–H and O–H groups in total. The summed E-state index contributed by atoms with van der Waals surface area (Å²) in [7, 11) is 0. The number of hydrogen-bond acceptors (Lipinski definition) is 3. The topological polar surface area (TPSA) is 63.1 Å². The Labute approximate surface area is 142 Å². The third-order valence-corrected chi connectivity index (χ3v) is 3.88. The van der Waals surface area contributed by atoms with Crippen molar-refractivity contribution >= 4 is 11.6 Å². The second-order valence-corrected chi connectivity index (χ2v) is 5.92. The molecule has 5 heteroatoms. The Bertz CT molecular complexity index is 724. The normalized spacial score (nSPS) is 11.9. The van der Waals surface area contributed by atoms with Crippen LogP contribution in [-0.4, -0.2) is 17.0 Å². The van der Waals surface area contributed by atoms with Gasteiger partial charge in [-0.05, 0) is 50.1 Å². The summed E-state index contributed by atoms with van der Waals surface area (Å²) >= 11 is 0. The number of nitrogens with zero attached hydrogens (tertiary/aromatic N) is 1. The van der Waals surface area contributed by atoms with Gasteiger partial charge in [-0.15, -0.1) is 0 Å². The zero-order valence-electron chi connectivity index (χ0n) is 14.3. The van der Waals surface area contributed by atoms with Crippen LogP contribution in [0.25, 0.3) is 0 Å². The quantitative estimate of drug-likeness (QED) is 0.733. The minimum absolute atomic E-state index is 0.0496. The van der Waals surface area contributed by atoms with Gasteiger partial charge in [0.1, 0.15) is 0 Å². The molecule has 0 bridgehead atoms. The van der Waals surface area contributed by atoms with Gasteiger partial charge >= 0.3 is 0 Å². The summed E-state index contributed by atoms with van der Waals surface area (Å²) in [5.74, 6) is -0.0658. The molecule has 0 aliphatic rings. The van der Waals surface area contributed by atoms with Crippen molar-refractivity contribution in [3.63, 3.8) is 0 Å². The van der Waals surface area contributed by atoms with Gasteiger partial charge in [-0.3, -0.25) is 9.59 Å². The van der Waals surface area contributed by atoms with Crippen LogP contribution in [0, 0.1) is 0 Å². The summed E-state index contributed by atoms with van der Waals surface area (Å²) in [6.07, 6.45) is 3.78. The summed E-state index contributed by atoms with van der Waals surface area (Å²) in [5.41, 5.74) is 2.01. The van der Waals surface area contributed by atoms with Crippen molar-refractivity contribution in [2.24, 2.45) is 0 Å². The molecule has 128 valence electrons. The van der Waals surface area contributed by atoms with E-state index >= 15 is 0 Å². The van der Waals surface area contributed by atoms with E-state index in [9.17, 15) is 9.59 Å². The molecule has 2 aromatic rings. The molecule has 1 aromatic heterocycles. The van der Waals surface area contributed by atoms with Gasteiger partial charge in [0.25, 0.3) is 0 Å². The summed E-state index contributed by atoms with van der Waals surface area (Å²) in [6, 6.07) is 13.3. The van der Waals surface area contributed by atoms with Gasteiger partial charge in [0, 0.05) is 37.5 Å². The molecule has 0 saturated heterocycles. The summed E-state index contributed by atoms with van der Waals surface area (Å²) in [4.78, 5) is 22.7. The maximum atomic E-state index is 11.6. The number of nitrogens with one attached hydrogen (secondary N) is 2. The first-order valence-corrected chi connectivity index (χ1v) is 8.32. The zero-order valence-corrected chi connectivity index (χ0v) is 14.3. The Hall–Kier alpha value is -2.40. The number of carbonyl (C=O) groups excluding carboxylic acids is 1. The lowest BCUT2D eigenvalue weighted by molar-refractivity contribution is -0.114. The molecular weight excluding hydrogens is 302 g/mol. The number of rotatable bonds is 8. The largest absolute Gasteiger partial charge is 0.326 e. The average molecular weight is 327 g/mol. The molecule has 1 atom stereocenters. The maximum absolute atomic E-state index is 11.6. The van der Waals surface area contributed by atoms with Crippen molar-refractivity contribution in [2.75, 3.05) is 11.9 Å². The number of pyridine rings is 1. The zero-order chi connectivity index (χ0) is 17.4. The van der Waals surface area contributed by atoms with Crippen LogP contribution in [-0.2, 0) is 11.3 Å². The van der Waals surface area contributed by atoms with Crippen LogP contribution in [0.2, 0.25) is 0 Å². The van der Waals surface area contributed by atoms with Crippen molar-refractivity contribution in [3.05, 3.63) is 64.6 Å². The van der Waals surface area contributed by atoms with E-state index in [4.69, 9.17) is 0 Å². The number of carbonyl (C=O) groups is 1. The van der Waals surface area contributed by atoms with Crippen LogP contribution in [0.1, 0.15) is 38.3 Å². The molecule has 0 aliphatic carbocycles. The molecular formula is C19H25N3O2. The monoisotopic (exact) mass is 327 g/mol. The van der Waals surface area contributed by atoms with Gasteiger partial charge in [-0.2, -0.15) is 0 Å². The van der Waals surface area contributed by atoms with Gasteiger partial charge in [-0.1, -0.05) is 18.2 Å². The van der Waals surface area contributed by atoms with Gasteiger partial charge in [0.15, 0.2) is 0 Å². The Balaban J connectivity index is 1.75. The number of benzene rings is 1. The van der Waals surface area contributed by atoms with Crippen LogP contribution in [0.4, 0.5) is 5.69 Å². The molecule has 0 saturated carbocycles. The van der Waals surface area contributed by atoms with Crippen molar-refractivity contribution in [1.82, 2.24) is 9.88 Å². The van der Waals surface area contributed by atoms with E-state index in [1.165, 1.54) is 6.92 Å². The fourth-order valence-electron chi connectivity index (χ4n) is 2.58. The highest BCUT2D eigenvalue weighted by Gasteiger charge is 2.06. The van der Waals surface area contributed by atoms with Crippen molar-refractivity contribution in [2.45, 2.75) is 39.3 Å². The van der Waals surface area contributed by atoms with E-state index in [0.717, 1.165) is 37.2 Å². The minimum Gasteiger partial charge on any atom is -0.326 e. The van der Waals surface area contributed by atoms with Gasteiger partial charge < -0.3 is 15.2 Å². The third kappa shape index (κ3) is 5.66. The highest BCUT2D eigenvalue weighted by atomic mass is 16.1.